The molecule has 1 N–H and O–H groups in total. The van der Waals surface area contributed by atoms with Crippen molar-refractivity contribution in [3.05, 3.63) is 33.8 Å². The molecule has 3 atom stereocenters. The highest BCUT2D eigenvalue weighted by Crippen LogP contribution is 2.27. The van der Waals surface area contributed by atoms with Gasteiger partial charge < -0.3 is 10.1 Å². The van der Waals surface area contributed by atoms with Crippen LogP contribution in [0.4, 0.5) is 8.78 Å². The number of halogens is 3. The van der Waals surface area contributed by atoms with E-state index in [0.717, 1.165) is 19.4 Å². The van der Waals surface area contributed by atoms with E-state index in [4.69, 9.17) is 4.74 Å². The zero-order chi connectivity index (χ0) is 14.7. The highest BCUT2D eigenvalue weighted by atomic mass is 79.9. The number of hydrogen-bond donors (Lipinski definition) is 1. The zero-order valence-corrected chi connectivity index (χ0v) is 13.3. The first-order valence-electron chi connectivity index (χ1n) is 7.04. The second-order valence-corrected chi connectivity index (χ2v) is 6.11. The highest BCUT2D eigenvalue weighted by molar-refractivity contribution is 9.10. The molecule has 0 spiro atoms. The molecule has 1 aromatic carbocycles. The molecule has 0 radical (unpaired) electrons. The van der Waals surface area contributed by atoms with Gasteiger partial charge in [0, 0.05) is 11.6 Å². The summed E-state index contributed by atoms with van der Waals surface area (Å²) in [7, 11) is 0. The summed E-state index contributed by atoms with van der Waals surface area (Å²) in [6.45, 7) is 4.76. The van der Waals surface area contributed by atoms with Gasteiger partial charge in [0.25, 0.3) is 0 Å². The SMILES string of the molecule is CCNC(Cc1c(F)ccc(Br)c1F)C1CCC(C)O1. The number of hydrogen-bond acceptors (Lipinski definition) is 2. The minimum atomic E-state index is -0.515. The van der Waals surface area contributed by atoms with Crippen LogP contribution in [0.2, 0.25) is 0 Å². The van der Waals surface area contributed by atoms with Crippen molar-refractivity contribution in [1.82, 2.24) is 5.32 Å². The smallest absolute Gasteiger partial charge is 0.143 e. The molecule has 3 unspecified atom stereocenters. The third kappa shape index (κ3) is 3.57. The van der Waals surface area contributed by atoms with Crippen LogP contribution in [0.15, 0.2) is 16.6 Å². The van der Waals surface area contributed by atoms with E-state index < -0.39 is 11.6 Å². The summed E-state index contributed by atoms with van der Waals surface area (Å²) in [5, 5.41) is 3.29. The van der Waals surface area contributed by atoms with Gasteiger partial charge in [-0.25, -0.2) is 8.78 Å². The van der Waals surface area contributed by atoms with Gasteiger partial charge in [0.05, 0.1) is 16.7 Å². The van der Waals surface area contributed by atoms with Crippen LogP contribution < -0.4 is 5.32 Å². The zero-order valence-electron chi connectivity index (χ0n) is 11.8. The van der Waals surface area contributed by atoms with Crippen LogP contribution in [0, 0.1) is 11.6 Å². The molecule has 2 rings (SSSR count). The molecule has 1 heterocycles. The Hall–Kier alpha value is -0.520. The number of benzene rings is 1. The van der Waals surface area contributed by atoms with Crippen molar-refractivity contribution in [1.29, 1.82) is 0 Å². The molecule has 1 fully saturated rings. The second kappa shape index (κ2) is 6.96. The Morgan fingerprint density at radius 2 is 2.15 bits per heavy atom. The minimum Gasteiger partial charge on any atom is -0.374 e. The maximum absolute atomic E-state index is 14.1. The fourth-order valence-electron chi connectivity index (χ4n) is 2.70. The summed E-state index contributed by atoms with van der Waals surface area (Å²) in [5.41, 5.74) is 0.119. The Bertz CT molecular complexity index is 469. The summed E-state index contributed by atoms with van der Waals surface area (Å²) in [6.07, 6.45) is 2.45. The summed E-state index contributed by atoms with van der Waals surface area (Å²) in [4.78, 5) is 0. The normalized spacial score (nSPS) is 24.1. The lowest BCUT2D eigenvalue weighted by Crippen LogP contribution is -2.42. The van der Waals surface area contributed by atoms with Crippen LogP contribution in [0.1, 0.15) is 32.3 Å². The van der Waals surface area contributed by atoms with Gasteiger partial charge in [0.2, 0.25) is 0 Å². The Morgan fingerprint density at radius 3 is 2.75 bits per heavy atom. The molecule has 112 valence electrons. The standard InChI is InChI=1S/C15H20BrF2NO/c1-3-19-13(14-7-4-9(2)20-14)8-10-12(17)6-5-11(16)15(10)18/h5-6,9,13-14,19H,3-4,7-8H2,1-2H3. The molecule has 0 aliphatic carbocycles. The van der Waals surface area contributed by atoms with Crippen LogP contribution in [0.3, 0.4) is 0 Å². The molecule has 20 heavy (non-hydrogen) atoms. The Morgan fingerprint density at radius 1 is 1.40 bits per heavy atom. The predicted molar refractivity (Wildman–Crippen MR) is 78.8 cm³/mol. The number of likely N-dealkylation sites (N-methyl/N-ethyl adjacent to an activating group) is 1. The molecule has 1 aliphatic heterocycles. The maximum atomic E-state index is 14.1. The van der Waals surface area contributed by atoms with Gasteiger partial charge in [0.1, 0.15) is 11.6 Å². The fourth-order valence-corrected chi connectivity index (χ4v) is 3.07. The maximum Gasteiger partial charge on any atom is 0.143 e. The first-order valence-corrected chi connectivity index (χ1v) is 7.83. The molecule has 1 saturated heterocycles. The Kier molecular flexibility index (Phi) is 5.52. The van der Waals surface area contributed by atoms with Crippen molar-refractivity contribution in [2.45, 2.75) is 51.4 Å². The summed E-state index contributed by atoms with van der Waals surface area (Å²) >= 11 is 3.11. The first kappa shape index (κ1) is 15.9. The van der Waals surface area contributed by atoms with Crippen molar-refractivity contribution in [3.63, 3.8) is 0 Å². The van der Waals surface area contributed by atoms with E-state index >= 15 is 0 Å². The lowest BCUT2D eigenvalue weighted by Gasteiger charge is -2.25. The topological polar surface area (TPSA) is 21.3 Å². The van der Waals surface area contributed by atoms with Gasteiger partial charge in [-0.2, -0.15) is 0 Å². The van der Waals surface area contributed by atoms with Crippen molar-refractivity contribution in [3.8, 4) is 0 Å². The van der Waals surface area contributed by atoms with Crippen LogP contribution >= 0.6 is 15.9 Å². The molecule has 0 amide bonds. The van der Waals surface area contributed by atoms with Crippen molar-refractivity contribution < 1.29 is 13.5 Å². The van der Waals surface area contributed by atoms with Crippen molar-refractivity contribution >= 4 is 15.9 Å². The third-order valence-corrected chi connectivity index (χ3v) is 4.36. The Balaban J connectivity index is 2.18. The van der Waals surface area contributed by atoms with E-state index in [1.165, 1.54) is 12.1 Å². The highest BCUT2D eigenvalue weighted by Gasteiger charge is 2.30. The minimum absolute atomic E-state index is 0.0164. The predicted octanol–water partition coefficient (Wildman–Crippen LogP) is 3.82. The monoisotopic (exact) mass is 347 g/mol. The average Bonchev–Trinajstić information content (AvgIpc) is 2.84. The van der Waals surface area contributed by atoms with Crippen LogP contribution in [-0.4, -0.2) is 24.8 Å². The molecule has 0 aromatic heterocycles. The molecule has 0 bridgehead atoms. The largest absolute Gasteiger partial charge is 0.374 e. The van der Waals surface area contributed by atoms with Gasteiger partial charge in [-0.3, -0.25) is 0 Å². The molecule has 0 saturated carbocycles. The second-order valence-electron chi connectivity index (χ2n) is 5.25. The Labute approximate surface area is 127 Å². The molecular formula is C15H20BrF2NO. The molecule has 1 aromatic rings. The van der Waals surface area contributed by atoms with E-state index in [-0.39, 0.29) is 23.8 Å². The van der Waals surface area contributed by atoms with Gasteiger partial charge in [-0.15, -0.1) is 0 Å². The van der Waals surface area contributed by atoms with Gasteiger partial charge in [0.15, 0.2) is 0 Å². The quantitative estimate of drug-likeness (QED) is 0.817. The van der Waals surface area contributed by atoms with E-state index in [1.807, 2.05) is 13.8 Å². The van der Waals surface area contributed by atoms with Crippen LogP contribution in [0.25, 0.3) is 0 Å². The van der Waals surface area contributed by atoms with Crippen molar-refractivity contribution in [2.24, 2.45) is 0 Å². The number of rotatable bonds is 5. The van der Waals surface area contributed by atoms with E-state index in [2.05, 4.69) is 21.2 Å². The molecule has 5 heteroatoms. The molecular weight excluding hydrogens is 328 g/mol. The van der Waals surface area contributed by atoms with Crippen molar-refractivity contribution in [2.75, 3.05) is 6.54 Å². The fraction of sp³-hybridized carbons (Fsp3) is 0.600. The number of ether oxygens (including phenoxy) is 1. The number of nitrogens with one attached hydrogen (secondary N) is 1. The van der Waals surface area contributed by atoms with Crippen LogP contribution in [0.5, 0.6) is 0 Å². The average molecular weight is 348 g/mol. The van der Waals surface area contributed by atoms with Gasteiger partial charge >= 0.3 is 0 Å². The summed E-state index contributed by atoms with van der Waals surface area (Å²) < 4.78 is 34.1. The first-order chi connectivity index (χ1) is 9.52. The lowest BCUT2D eigenvalue weighted by atomic mass is 9.98. The molecule has 2 nitrogen and oxygen atoms in total. The summed E-state index contributed by atoms with van der Waals surface area (Å²) in [6, 6.07) is 2.62. The van der Waals surface area contributed by atoms with E-state index in [0.29, 0.717) is 10.9 Å². The van der Waals surface area contributed by atoms with Crippen LogP contribution in [-0.2, 0) is 11.2 Å². The van der Waals surface area contributed by atoms with Gasteiger partial charge in [-0.1, -0.05) is 6.92 Å². The third-order valence-electron chi connectivity index (χ3n) is 3.74. The summed E-state index contributed by atoms with van der Waals surface area (Å²) in [5.74, 6) is -1.02. The van der Waals surface area contributed by atoms with E-state index in [1.54, 1.807) is 0 Å². The molecule has 1 aliphatic rings. The van der Waals surface area contributed by atoms with E-state index in [9.17, 15) is 8.78 Å². The van der Waals surface area contributed by atoms with Gasteiger partial charge in [-0.05, 0) is 60.8 Å². The lowest BCUT2D eigenvalue weighted by molar-refractivity contribution is 0.0320.